The largest absolute Gasteiger partial charge is 0.357 e. The van der Waals surface area contributed by atoms with Crippen molar-refractivity contribution in [2.45, 2.75) is 52.0 Å². The molecule has 1 saturated heterocycles. The fourth-order valence-corrected chi connectivity index (χ4v) is 2.57. The molecule has 0 bridgehead atoms. The zero-order valence-electron chi connectivity index (χ0n) is 11.5. The van der Waals surface area contributed by atoms with Gasteiger partial charge in [-0.25, -0.2) is 4.98 Å². The maximum Gasteiger partial charge on any atom is 0.129 e. The van der Waals surface area contributed by atoms with Crippen LogP contribution in [-0.4, -0.2) is 18.1 Å². The predicted molar refractivity (Wildman–Crippen MR) is 76.8 cm³/mol. The second-order valence-electron chi connectivity index (χ2n) is 5.14. The van der Waals surface area contributed by atoms with Crippen LogP contribution in [0.15, 0.2) is 12.1 Å². The van der Waals surface area contributed by atoms with Gasteiger partial charge in [-0.05, 0) is 37.0 Å². The zero-order valence-corrected chi connectivity index (χ0v) is 11.5. The molecule has 0 radical (unpaired) electrons. The van der Waals surface area contributed by atoms with Gasteiger partial charge in [-0.3, -0.25) is 0 Å². The molecule has 2 heterocycles. The highest BCUT2D eigenvalue weighted by Gasteiger charge is 2.11. The summed E-state index contributed by atoms with van der Waals surface area (Å²) in [5, 5.41) is 0. The van der Waals surface area contributed by atoms with Gasteiger partial charge in [0.1, 0.15) is 5.82 Å². The molecule has 1 fully saturated rings. The van der Waals surface area contributed by atoms with Gasteiger partial charge in [0.2, 0.25) is 0 Å². The van der Waals surface area contributed by atoms with Crippen LogP contribution < -0.4 is 10.6 Å². The number of aryl methyl sites for hydroxylation is 1. The van der Waals surface area contributed by atoms with Crippen LogP contribution in [0.2, 0.25) is 0 Å². The van der Waals surface area contributed by atoms with E-state index >= 15 is 0 Å². The maximum atomic E-state index is 5.78. The molecule has 2 rings (SSSR count). The molecule has 0 aromatic carbocycles. The summed E-state index contributed by atoms with van der Waals surface area (Å²) in [6.45, 7) is 5.05. The van der Waals surface area contributed by atoms with Crippen molar-refractivity contribution >= 4 is 5.82 Å². The number of pyridine rings is 1. The Kier molecular flexibility index (Phi) is 5.00. The molecule has 3 heteroatoms. The molecule has 0 aliphatic carbocycles. The van der Waals surface area contributed by atoms with E-state index in [1.54, 1.807) is 0 Å². The van der Waals surface area contributed by atoms with Gasteiger partial charge in [0.25, 0.3) is 0 Å². The number of aromatic nitrogens is 1. The van der Waals surface area contributed by atoms with Gasteiger partial charge in [0.05, 0.1) is 0 Å². The van der Waals surface area contributed by atoms with Gasteiger partial charge >= 0.3 is 0 Å². The summed E-state index contributed by atoms with van der Waals surface area (Å²) in [6.07, 6.45) is 7.66. The minimum atomic E-state index is 0.607. The van der Waals surface area contributed by atoms with Gasteiger partial charge in [-0.15, -0.1) is 0 Å². The minimum Gasteiger partial charge on any atom is -0.357 e. The highest BCUT2D eigenvalue weighted by molar-refractivity contribution is 5.43. The number of rotatable bonds is 3. The molecule has 2 N–H and O–H groups in total. The van der Waals surface area contributed by atoms with Crippen LogP contribution in [0.3, 0.4) is 0 Å². The van der Waals surface area contributed by atoms with Crippen molar-refractivity contribution in [1.82, 2.24) is 4.98 Å². The topological polar surface area (TPSA) is 42.1 Å². The lowest BCUT2D eigenvalue weighted by atomic mass is 10.1. The summed E-state index contributed by atoms with van der Waals surface area (Å²) in [6, 6.07) is 4.30. The molecule has 1 aromatic rings. The summed E-state index contributed by atoms with van der Waals surface area (Å²) >= 11 is 0. The van der Waals surface area contributed by atoms with Gasteiger partial charge in [-0.1, -0.05) is 26.2 Å². The lowest BCUT2D eigenvalue weighted by molar-refractivity contribution is 0.553. The van der Waals surface area contributed by atoms with Crippen LogP contribution in [0.5, 0.6) is 0 Å². The van der Waals surface area contributed by atoms with E-state index in [9.17, 15) is 0 Å². The Hall–Kier alpha value is -1.09. The number of nitrogens with zero attached hydrogens (tertiary/aromatic N) is 2. The van der Waals surface area contributed by atoms with E-state index in [4.69, 9.17) is 10.7 Å². The monoisotopic (exact) mass is 247 g/mol. The van der Waals surface area contributed by atoms with Crippen molar-refractivity contribution in [3.8, 4) is 0 Å². The van der Waals surface area contributed by atoms with Crippen LogP contribution in [-0.2, 0) is 13.0 Å². The molecule has 1 aliphatic rings. The standard InChI is InChI=1S/C15H25N3/c1-2-14-10-13(12-16)11-15(17-14)18-8-6-4-3-5-7-9-18/h10-11H,2-9,12,16H2,1H3. The number of anilines is 1. The van der Waals surface area contributed by atoms with Gasteiger partial charge < -0.3 is 10.6 Å². The SMILES string of the molecule is CCc1cc(CN)cc(N2CCCCCCC2)n1. The van der Waals surface area contributed by atoms with E-state index in [1.165, 1.54) is 37.7 Å². The van der Waals surface area contributed by atoms with Crippen molar-refractivity contribution < 1.29 is 0 Å². The lowest BCUT2D eigenvalue weighted by Crippen LogP contribution is -2.28. The Morgan fingerprint density at radius 3 is 2.39 bits per heavy atom. The summed E-state index contributed by atoms with van der Waals surface area (Å²) in [5.74, 6) is 1.14. The third-order valence-corrected chi connectivity index (χ3v) is 3.70. The molecular formula is C15H25N3. The van der Waals surface area contributed by atoms with Gasteiger partial charge in [0.15, 0.2) is 0 Å². The molecular weight excluding hydrogens is 222 g/mol. The minimum absolute atomic E-state index is 0.607. The van der Waals surface area contributed by atoms with Crippen LogP contribution in [0, 0.1) is 0 Å². The fourth-order valence-electron chi connectivity index (χ4n) is 2.57. The third kappa shape index (κ3) is 3.45. The van der Waals surface area contributed by atoms with Crippen LogP contribution in [0.25, 0.3) is 0 Å². The normalized spacial score (nSPS) is 17.3. The van der Waals surface area contributed by atoms with E-state index in [0.29, 0.717) is 6.54 Å². The molecule has 0 unspecified atom stereocenters. The quantitative estimate of drug-likeness (QED) is 0.893. The molecule has 1 aliphatic heterocycles. The van der Waals surface area contributed by atoms with E-state index in [2.05, 4.69) is 24.0 Å². The van der Waals surface area contributed by atoms with Crippen molar-refractivity contribution in [2.24, 2.45) is 5.73 Å². The zero-order chi connectivity index (χ0) is 12.8. The second kappa shape index (κ2) is 6.74. The number of nitrogens with two attached hydrogens (primary N) is 1. The Bertz CT molecular complexity index is 346. The van der Waals surface area contributed by atoms with Crippen LogP contribution in [0.4, 0.5) is 5.82 Å². The third-order valence-electron chi connectivity index (χ3n) is 3.70. The predicted octanol–water partition coefficient (Wildman–Crippen LogP) is 2.87. The van der Waals surface area contributed by atoms with E-state index in [1.807, 2.05) is 0 Å². The highest BCUT2D eigenvalue weighted by Crippen LogP contribution is 2.19. The summed E-state index contributed by atoms with van der Waals surface area (Å²) in [7, 11) is 0. The van der Waals surface area contributed by atoms with Gasteiger partial charge in [0, 0.05) is 25.3 Å². The molecule has 0 atom stereocenters. The first-order valence-corrected chi connectivity index (χ1v) is 7.28. The highest BCUT2D eigenvalue weighted by atomic mass is 15.2. The van der Waals surface area contributed by atoms with Crippen molar-refractivity contribution in [1.29, 1.82) is 0 Å². The van der Waals surface area contributed by atoms with Crippen LogP contribution in [0.1, 0.15) is 50.3 Å². The first-order valence-electron chi connectivity index (χ1n) is 7.28. The van der Waals surface area contributed by atoms with E-state index < -0.39 is 0 Å². The maximum absolute atomic E-state index is 5.78. The smallest absolute Gasteiger partial charge is 0.129 e. The first kappa shape index (κ1) is 13.3. The van der Waals surface area contributed by atoms with Crippen molar-refractivity contribution in [2.75, 3.05) is 18.0 Å². The Labute approximate surface area is 110 Å². The summed E-state index contributed by atoms with van der Waals surface area (Å²) < 4.78 is 0. The van der Waals surface area contributed by atoms with E-state index in [-0.39, 0.29) is 0 Å². The average molecular weight is 247 g/mol. The second-order valence-corrected chi connectivity index (χ2v) is 5.14. The van der Waals surface area contributed by atoms with Crippen molar-refractivity contribution in [3.05, 3.63) is 23.4 Å². The Balaban J connectivity index is 2.18. The average Bonchev–Trinajstić information content (AvgIpc) is 2.37. The number of hydrogen-bond donors (Lipinski definition) is 1. The molecule has 1 aromatic heterocycles. The van der Waals surface area contributed by atoms with E-state index in [0.717, 1.165) is 31.0 Å². The van der Waals surface area contributed by atoms with Crippen molar-refractivity contribution in [3.63, 3.8) is 0 Å². The first-order chi connectivity index (χ1) is 8.83. The molecule has 100 valence electrons. The van der Waals surface area contributed by atoms with Crippen LogP contribution >= 0.6 is 0 Å². The molecule has 0 amide bonds. The molecule has 0 spiro atoms. The molecule has 18 heavy (non-hydrogen) atoms. The molecule has 3 nitrogen and oxygen atoms in total. The Morgan fingerprint density at radius 2 is 1.78 bits per heavy atom. The lowest BCUT2D eigenvalue weighted by Gasteiger charge is -2.26. The van der Waals surface area contributed by atoms with Gasteiger partial charge in [-0.2, -0.15) is 0 Å². The number of hydrogen-bond acceptors (Lipinski definition) is 3. The molecule has 0 saturated carbocycles. The fraction of sp³-hybridized carbons (Fsp3) is 0.667. The Morgan fingerprint density at radius 1 is 1.11 bits per heavy atom. The summed E-state index contributed by atoms with van der Waals surface area (Å²) in [4.78, 5) is 7.21. The summed E-state index contributed by atoms with van der Waals surface area (Å²) in [5.41, 5.74) is 8.15.